The average molecular weight is 400 g/mol. The van der Waals surface area contributed by atoms with Gasteiger partial charge < -0.3 is 0 Å². The van der Waals surface area contributed by atoms with Gasteiger partial charge in [-0.25, -0.2) is 8.78 Å². The minimum Gasteiger partial charge on any atom is -0.256 e. The van der Waals surface area contributed by atoms with E-state index in [2.05, 4.69) is 9.97 Å². The van der Waals surface area contributed by atoms with E-state index in [9.17, 15) is 8.78 Å². The number of rotatable bonds is 3. The third kappa shape index (κ3) is 3.50. The fraction of sp³-hybridized carbons (Fsp3) is 0.154. The van der Waals surface area contributed by atoms with E-state index in [0.29, 0.717) is 22.3 Å². The van der Waals surface area contributed by atoms with E-state index in [1.165, 1.54) is 12.1 Å². The highest BCUT2D eigenvalue weighted by molar-refractivity contribution is 5.91. The summed E-state index contributed by atoms with van der Waals surface area (Å²) in [6.07, 6.45) is 3.43. The fourth-order valence-corrected chi connectivity index (χ4v) is 3.74. The Morgan fingerprint density at radius 3 is 1.30 bits per heavy atom. The maximum Gasteiger partial charge on any atom is 0.126 e. The van der Waals surface area contributed by atoms with Crippen LogP contribution in [-0.4, -0.2) is 9.97 Å². The molecule has 0 aliphatic carbocycles. The number of hydrogen-bond acceptors (Lipinski definition) is 2. The van der Waals surface area contributed by atoms with Crippen molar-refractivity contribution in [2.75, 3.05) is 0 Å². The summed E-state index contributed by atoms with van der Waals surface area (Å²) in [5.41, 5.74) is 7.19. The Hall–Kier alpha value is -3.40. The van der Waals surface area contributed by atoms with Crippen molar-refractivity contribution in [1.82, 2.24) is 9.97 Å². The van der Waals surface area contributed by atoms with Gasteiger partial charge in [0.2, 0.25) is 0 Å². The minimum atomic E-state index is -0.341. The Balaban J connectivity index is 2.09. The van der Waals surface area contributed by atoms with Crippen molar-refractivity contribution >= 4 is 0 Å². The summed E-state index contributed by atoms with van der Waals surface area (Å²) in [4.78, 5) is 9.07. The van der Waals surface area contributed by atoms with Crippen LogP contribution in [0.3, 0.4) is 0 Å². The van der Waals surface area contributed by atoms with Gasteiger partial charge in [0.15, 0.2) is 0 Å². The topological polar surface area (TPSA) is 25.8 Å². The summed E-state index contributed by atoms with van der Waals surface area (Å²) in [7, 11) is 0. The molecule has 0 saturated heterocycles. The van der Waals surface area contributed by atoms with E-state index in [-0.39, 0.29) is 11.6 Å². The number of aromatic nitrogens is 2. The van der Waals surface area contributed by atoms with Crippen LogP contribution in [0.5, 0.6) is 0 Å². The van der Waals surface area contributed by atoms with Gasteiger partial charge in [0.05, 0.1) is 11.4 Å². The number of nitrogens with zero attached hydrogens (tertiary/aromatic N) is 2. The highest BCUT2D eigenvalue weighted by atomic mass is 19.1. The zero-order valence-corrected chi connectivity index (χ0v) is 17.4. The summed E-state index contributed by atoms with van der Waals surface area (Å²) in [6, 6.07) is 14.2. The van der Waals surface area contributed by atoms with Crippen LogP contribution in [0.1, 0.15) is 22.3 Å². The molecule has 0 unspecified atom stereocenters. The highest BCUT2D eigenvalue weighted by Gasteiger charge is 2.20. The van der Waals surface area contributed by atoms with Gasteiger partial charge in [-0.05, 0) is 97.5 Å². The van der Waals surface area contributed by atoms with Crippen LogP contribution in [0, 0.1) is 39.3 Å². The molecular formula is C26H22F2N2. The van der Waals surface area contributed by atoms with Crippen molar-refractivity contribution < 1.29 is 8.78 Å². The van der Waals surface area contributed by atoms with Crippen LogP contribution in [0.15, 0.2) is 60.9 Å². The maximum absolute atomic E-state index is 14.7. The molecule has 4 rings (SSSR count). The van der Waals surface area contributed by atoms with E-state index in [4.69, 9.17) is 0 Å². The molecule has 150 valence electrons. The van der Waals surface area contributed by atoms with Crippen molar-refractivity contribution in [2.24, 2.45) is 0 Å². The summed E-state index contributed by atoms with van der Waals surface area (Å²) >= 11 is 0. The zero-order valence-electron chi connectivity index (χ0n) is 17.4. The molecule has 30 heavy (non-hydrogen) atoms. The van der Waals surface area contributed by atoms with Crippen molar-refractivity contribution in [3.63, 3.8) is 0 Å². The Kier molecular flexibility index (Phi) is 5.17. The number of halogens is 2. The van der Waals surface area contributed by atoms with Crippen LogP contribution in [0.25, 0.3) is 33.6 Å². The molecule has 4 heteroatoms. The minimum absolute atomic E-state index is 0.341. The van der Waals surface area contributed by atoms with E-state index >= 15 is 0 Å². The van der Waals surface area contributed by atoms with E-state index in [0.717, 1.165) is 33.6 Å². The van der Waals surface area contributed by atoms with Gasteiger partial charge in [0.1, 0.15) is 11.6 Å². The molecule has 4 aromatic rings. The fourth-order valence-electron chi connectivity index (χ4n) is 3.74. The van der Waals surface area contributed by atoms with Crippen LogP contribution in [0.2, 0.25) is 0 Å². The second-order valence-electron chi connectivity index (χ2n) is 7.63. The standard InChI is InChI=1S/C26H22F2N2/c1-15-7-5-9-29-25(15)21-11-17(3)23(27)13-19(21)20-14-24(28)18(4)12-22(20)26-16(2)8-6-10-30-26/h5-14H,1-4H3. The first-order valence-corrected chi connectivity index (χ1v) is 9.81. The van der Waals surface area contributed by atoms with Crippen LogP contribution in [0.4, 0.5) is 8.78 Å². The maximum atomic E-state index is 14.7. The normalized spacial score (nSPS) is 11.0. The number of aryl methyl sites for hydroxylation is 4. The molecule has 0 fully saturated rings. The quantitative estimate of drug-likeness (QED) is 0.370. The number of benzene rings is 2. The molecule has 0 radical (unpaired) electrons. The van der Waals surface area contributed by atoms with Gasteiger partial charge in [-0.2, -0.15) is 0 Å². The van der Waals surface area contributed by atoms with Crippen LogP contribution >= 0.6 is 0 Å². The lowest BCUT2D eigenvalue weighted by Crippen LogP contribution is -1.99. The van der Waals surface area contributed by atoms with Crippen molar-refractivity contribution in [3.8, 4) is 33.6 Å². The molecule has 0 aliphatic heterocycles. The van der Waals surface area contributed by atoms with E-state index < -0.39 is 0 Å². The molecule has 2 heterocycles. The summed E-state index contributed by atoms with van der Waals surface area (Å²) < 4.78 is 29.4. The molecule has 2 nitrogen and oxygen atoms in total. The smallest absolute Gasteiger partial charge is 0.126 e. The number of pyridine rings is 2. The molecule has 0 spiro atoms. The van der Waals surface area contributed by atoms with Crippen molar-refractivity contribution in [3.05, 3.63) is 94.8 Å². The lowest BCUT2D eigenvalue weighted by molar-refractivity contribution is 0.617. The van der Waals surface area contributed by atoms with Gasteiger partial charge in [-0.3, -0.25) is 9.97 Å². The van der Waals surface area contributed by atoms with Gasteiger partial charge in [0.25, 0.3) is 0 Å². The average Bonchev–Trinajstić information content (AvgIpc) is 2.72. The highest BCUT2D eigenvalue weighted by Crippen LogP contribution is 2.40. The second kappa shape index (κ2) is 7.79. The van der Waals surface area contributed by atoms with E-state index in [1.54, 1.807) is 38.4 Å². The summed E-state index contributed by atoms with van der Waals surface area (Å²) in [5, 5.41) is 0. The lowest BCUT2D eigenvalue weighted by Gasteiger charge is -2.18. The van der Waals surface area contributed by atoms with Crippen molar-refractivity contribution in [1.29, 1.82) is 0 Å². The number of hydrogen-bond donors (Lipinski definition) is 0. The van der Waals surface area contributed by atoms with Crippen LogP contribution < -0.4 is 0 Å². The third-order valence-electron chi connectivity index (χ3n) is 5.42. The predicted octanol–water partition coefficient (Wildman–Crippen LogP) is 6.99. The van der Waals surface area contributed by atoms with Gasteiger partial charge >= 0.3 is 0 Å². The van der Waals surface area contributed by atoms with Crippen molar-refractivity contribution in [2.45, 2.75) is 27.7 Å². The van der Waals surface area contributed by atoms with Gasteiger partial charge in [-0.15, -0.1) is 0 Å². The Morgan fingerprint density at radius 2 is 0.933 bits per heavy atom. The SMILES string of the molecule is Cc1cc(-c2ncccc2C)c(-c2cc(F)c(C)cc2-c2ncccc2C)cc1F. The second-order valence-corrected chi connectivity index (χ2v) is 7.63. The first-order chi connectivity index (χ1) is 14.4. The largest absolute Gasteiger partial charge is 0.256 e. The van der Waals surface area contributed by atoms with Gasteiger partial charge in [0, 0.05) is 23.5 Å². The summed E-state index contributed by atoms with van der Waals surface area (Å²) in [6.45, 7) is 7.37. The van der Waals surface area contributed by atoms with Crippen LogP contribution in [-0.2, 0) is 0 Å². The molecule has 2 aromatic carbocycles. The third-order valence-corrected chi connectivity index (χ3v) is 5.42. The Morgan fingerprint density at radius 1 is 0.533 bits per heavy atom. The predicted molar refractivity (Wildman–Crippen MR) is 117 cm³/mol. The molecule has 2 aromatic heterocycles. The monoisotopic (exact) mass is 400 g/mol. The molecule has 0 aliphatic rings. The Labute approximate surface area is 175 Å². The molecule has 0 atom stereocenters. The zero-order chi connectivity index (χ0) is 21.4. The first kappa shape index (κ1) is 19.9. The Bertz CT molecular complexity index is 1160. The lowest BCUT2D eigenvalue weighted by atomic mass is 9.88. The molecule has 0 saturated carbocycles. The summed E-state index contributed by atoms with van der Waals surface area (Å²) in [5.74, 6) is -0.681. The van der Waals surface area contributed by atoms with E-state index in [1.807, 2.05) is 38.1 Å². The van der Waals surface area contributed by atoms with Gasteiger partial charge in [-0.1, -0.05) is 12.1 Å². The first-order valence-electron chi connectivity index (χ1n) is 9.81. The molecular weight excluding hydrogens is 378 g/mol. The molecule has 0 N–H and O–H groups in total. The molecule has 0 bridgehead atoms. The molecule has 0 amide bonds.